The lowest BCUT2D eigenvalue weighted by Crippen LogP contribution is -2.41. The van der Waals surface area contributed by atoms with Gasteiger partial charge in [-0.2, -0.15) is 5.10 Å². The van der Waals surface area contributed by atoms with Crippen molar-refractivity contribution < 1.29 is 24.2 Å². The smallest absolute Gasteiger partial charge is 0.411 e. The second kappa shape index (κ2) is 9.78. The fraction of sp³-hybridized carbons (Fsp3) is 0.280. The summed E-state index contributed by atoms with van der Waals surface area (Å²) in [6, 6.07) is 15.7. The van der Waals surface area contributed by atoms with Crippen LogP contribution in [0.25, 0.3) is 11.1 Å². The molecule has 0 spiro atoms. The molecule has 1 aromatic heterocycles. The number of nitrogens with zero attached hydrogens (tertiary/aromatic N) is 2. The summed E-state index contributed by atoms with van der Waals surface area (Å²) in [6.07, 6.45) is 2.30. The van der Waals surface area contributed by atoms with E-state index in [1.54, 1.807) is 6.92 Å². The number of carbonyl (C=O) groups is 3. The molecule has 34 heavy (non-hydrogen) atoms. The van der Waals surface area contributed by atoms with Crippen LogP contribution in [0.2, 0.25) is 0 Å². The SMILES string of the molecule is CC(NC(=O)Cn1cc(NC(=O)OCC2c3ccccc3-c3ccccc32)cn1)C(C)C(=O)O. The Labute approximate surface area is 196 Å². The standard InChI is InChI=1S/C25H26N4O5/c1-15(24(31)32)16(2)27-23(30)13-29-12-17(11-26-29)28-25(33)34-14-22-20-9-5-3-7-18(20)19-8-4-6-10-21(19)22/h3-12,15-16,22H,13-14H2,1-2H3,(H,27,30)(H,28,33)(H,31,32). The number of aromatic nitrogens is 2. The first-order valence-corrected chi connectivity index (χ1v) is 11.0. The predicted octanol–water partition coefficient (Wildman–Crippen LogP) is 3.47. The number of amides is 2. The lowest BCUT2D eigenvalue weighted by Gasteiger charge is -2.17. The molecule has 0 bridgehead atoms. The Bertz CT molecular complexity index is 1180. The molecule has 1 aliphatic carbocycles. The summed E-state index contributed by atoms with van der Waals surface area (Å²) in [5.74, 6) is -2.12. The number of fused-ring (bicyclic) bond motifs is 3. The molecule has 0 saturated carbocycles. The van der Waals surface area contributed by atoms with Gasteiger partial charge in [-0.25, -0.2) is 4.79 Å². The first kappa shape index (κ1) is 23.0. The molecule has 1 aliphatic rings. The van der Waals surface area contributed by atoms with Crippen molar-refractivity contribution in [2.24, 2.45) is 5.92 Å². The number of hydrogen-bond acceptors (Lipinski definition) is 5. The van der Waals surface area contributed by atoms with Gasteiger partial charge in [0.25, 0.3) is 0 Å². The predicted molar refractivity (Wildman–Crippen MR) is 125 cm³/mol. The molecule has 9 nitrogen and oxygen atoms in total. The molecule has 2 amide bonds. The van der Waals surface area contributed by atoms with Crippen molar-refractivity contribution in [3.63, 3.8) is 0 Å². The van der Waals surface area contributed by atoms with Gasteiger partial charge in [0, 0.05) is 18.2 Å². The van der Waals surface area contributed by atoms with Crippen LogP contribution in [-0.2, 0) is 20.9 Å². The molecule has 3 aromatic rings. The molecule has 176 valence electrons. The topological polar surface area (TPSA) is 123 Å². The van der Waals surface area contributed by atoms with E-state index in [0.717, 1.165) is 22.3 Å². The molecule has 0 fully saturated rings. The molecule has 9 heteroatoms. The van der Waals surface area contributed by atoms with Crippen molar-refractivity contribution >= 4 is 23.7 Å². The van der Waals surface area contributed by atoms with E-state index < -0.39 is 24.0 Å². The number of benzene rings is 2. The van der Waals surface area contributed by atoms with E-state index in [1.807, 2.05) is 24.3 Å². The van der Waals surface area contributed by atoms with E-state index in [1.165, 1.54) is 24.0 Å². The Morgan fingerprint density at radius 1 is 1.06 bits per heavy atom. The van der Waals surface area contributed by atoms with Crippen molar-refractivity contribution in [1.29, 1.82) is 0 Å². The number of hydrogen-bond donors (Lipinski definition) is 3. The number of nitrogens with one attached hydrogen (secondary N) is 2. The van der Waals surface area contributed by atoms with Crippen LogP contribution in [-0.4, -0.2) is 45.5 Å². The van der Waals surface area contributed by atoms with Gasteiger partial charge in [-0.3, -0.25) is 19.6 Å². The highest BCUT2D eigenvalue weighted by atomic mass is 16.5. The fourth-order valence-electron chi connectivity index (χ4n) is 4.05. The fourth-order valence-corrected chi connectivity index (χ4v) is 4.05. The quantitative estimate of drug-likeness (QED) is 0.471. The van der Waals surface area contributed by atoms with Gasteiger partial charge in [0.15, 0.2) is 0 Å². The number of carboxylic acids is 1. The van der Waals surface area contributed by atoms with Crippen LogP contribution in [0.3, 0.4) is 0 Å². The average molecular weight is 463 g/mol. The lowest BCUT2D eigenvalue weighted by atomic mass is 9.98. The Morgan fingerprint density at radius 2 is 1.68 bits per heavy atom. The second-order valence-electron chi connectivity index (χ2n) is 8.36. The number of rotatable bonds is 8. The van der Waals surface area contributed by atoms with E-state index in [-0.39, 0.29) is 25.0 Å². The largest absolute Gasteiger partial charge is 0.481 e. The molecular weight excluding hydrogens is 436 g/mol. The van der Waals surface area contributed by atoms with Gasteiger partial charge in [-0.15, -0.1) is 0 Å². The Morgan fingerprint density at radius 3 is 2.29 bits per heavy atom. The molecule has 4 rings (SSSR count). The van der Waals surface area contributed by atoms with Gasteiger partial charge >= 0.3 is 12.1 Å². The van der Waals surface area contributed by atoms with Crippen LogP contribution in [0, 0.1) is 5.92 Å². The summed E-state index contributed by atoms with van der Waals surface area (Å²) < 4.78 is 6.87. The first-order valence-electron chi connectivity index (χ1n) is 11.0. The first-order chi connectivity index (χ1) is 16.3. The van der Waals surface area contributed by atoms with Crippen molar-refractivity contribution in [2.45, 2.75) is 32.4 Å². The number of aliphatic carboxylic acids is 1. The number of carbonyl (C=O) groups excluding carboxylic acids is 2. The number of ether oxygens (including phenoxy) is 1. The van der Waals surface area contributed by atoms with Crippen LogP contribution in [0.1, 0.15) is 30.9 Å². The minimum Gasteiger partial charge on any atom is -0.481 e. The lowest BCUT2D eigenvalue weighted by molar-refractivity contribution is -0.142. The van der Waals surface area contributed by atoms with Crippen LogP contribution in [0.15, 0.2) is 60.9 Å². The van der Waals surface area contributed by atoms with E-state index in [2.05, 4.69) is 40.0 Å². The normalized spacial score (nSPS) is 13.9. The van der Waals surface area contributed by atoms with Crippen LogP contribution in [0.4, 0.5) is 10.5 Å². The maximum Gasteiger partial charge on any atom is 0.411 e. The molecule has 0 aliphatic heterocycles. The third-order valence-electron chi connectivity index (χ3n) is 6.06. The Balaban J connectivity index is 1.31. The van der Waals surface area contributed by atoms with Gasteiger partial charge < -0.3 is 15.2 Å². The molecule has 1 heterocycles. The average Bonchev–Trinajstić information content (AvgIpc) is 3.38. The number of carboxylic acid groups (broad SMARTS) is 1. The molecule has 2 atom stereocenters. The molecule has 0 radical (unpaired) electrons. The summed E-state index contributed by atoms with van der Waals surface area (Å²) in [6.45, 7) is 3.24. The van der Waals surface area contributed by atoms with Crippen LogP contribution < -0.4 is 10.6 Å². The van der Waals surface area contributed by atoms with Crippen LogP contribution >= 0.6 is 0 Å². The Kier molecular flexibility index (Phi) is 6.62. The van der Waals surface area contributed by atoms with Crippen molar-refractivity contribution in [1.82, 2.24) is 15.1 Å². The van der Waals surface area contributed by atoms with Crippen LogP contribution in [0.5, 0.6) is 0 Å². The maximum atomic E-state index is 12.4. The minimum absolute atomic E-state index is 0.0419. The second-order valence-corrected chi connectivity index (χ2v) is 8.36. The van der Waals surface area contributed by atoms with Gasteiger partial charge in [0.2, 0.25) is 5.91 Å². The highest BCUT2D eigenvalue weighted by molar-refractivity contribution is 5.85. The molecule has 2 unspecified atom stereocenters. The zero-order valence-corrected chi connectivity index (χ0v) is 18.9. The van der Waals surface area contributed by atoms with E-state index in [9.17, 15) is 14.4 Å². The minimum atomic E-state index is -0.985. The van der Waals surface area contributed by atoms with Gasteiger partial charge in [-0.1, -0.05) is 48.5 Å². The zero-order chi connectivity index (χ0) is 24.2. The monoisotopic (exact) mass is 462 g/mol. The van der Waals surface area contributed by atoms with Gasteiger partial charge in [0.05, 0.1) is 17.8 Å². The van der Waals surface area contributed by atoms with Gasteiger partial charge in [-0.05, 0) is 36.1 Å². The molecular formula is C25H26N4O5. The number of anilines is 1. The third-order valence-corrected chi connectivity index (χ3v) is 6.06. The third kappa shape index (κ3) is 4.93. The molecule has 0 saturated heterocycles. The van der Waals surface area contributed by atoms with Gasteiger partial charge in [0.1, 0.15) is 13.2 Å². The zero-order valence-electron chi connectivity index (χ0n) is 18.9. The summed E-state index contributed by atoms with van der Waals surface area (Å²) in [5, 5.41) is 18.4. The highest BCUT2D eigenvalue weighted by Crippen LogP contribution is 2.44. The van der Waals surface area contributed by atoms with Crippen molar-refractivity contribution in [3.05, 3.63) is 72.1 Å². The van der Waals surface area contributed by atoms with Crippen molar-refractivity contribution in [3.8, 4) is 11.1 Å². The molecule has 3 N–H and O–H groups in total. The molecule has 2 aromatic carbocycles. The Hall–Kier alpha value is -4.14. The maximum absolute atomic E-state index is 12.4. The summed E-state index contributed by atoms with van der Waals surface area (Å²) in [7, 11) is 0. The highest BCUT2D eigenvalue weighted by Gasteiger charge is 2.29. The van der Waals surface area contributed by atoms with Crippen molar-refractivity contribution in [2.75, 3.05) is 11.9 Å². The van der Waals surface area contributed by atoms with E-state index in [4.69, 9.17) is 9.84 Å². The summed E-state index contributed by atoms with van der Waals surface area (Å²) >= 11 is 0. The summed E-state index contributed by atoms with van der Waals surface area (Å²) in [4.78, 5) is 35.6. The van der Waals surface area contributed by atoms with E-state index in [0.29, 0.717) is 5.69 Å². The summed E-state index contributed by atoms with van der Waals surface area (Å²) in [5.41, 5.74) is 4.94. The van der Waals surface area contributed by atoms with E-state index >= 15 is 0 Å².